The summed E-state index contributed by atoms with van der Waals surface area (Å²) in [5.74, 6) is 0. The Morgan fingerprint density at radius 1 is 0.864 bits per heavy atom. The second-order valence-corrected chi connectivity index (χ2v) is 17.0. The number of benzene rings is 2. The third kappa shape index (κ3) is 2.30. The summed E-state index contributed by atoms with van der Waals surface area (Å²) >= 11 is -2.05. The summed E-state index contributed by atoms with van der Waals surface area (Å²) < 4.78 is 7.35. The predicted octanol–water partition coefficient (Wildman–Crippen LogP) is 4.66. The molecule has 0 amide bonds. The van der Waals surface area contributed by atoms with Gasteiger partial charge in [-0.2, -0.15) is 0 Å². The Hall–Kier alpha value is -1.55. The molecule has 0 N–H and O–H groups in total. The van der Waals surface area contributed by atoms with E-state index >= 15 is 0 Å². The van der Waals surface area contributed by atoms with E-state index in [0.717, 1.165) is 5.39 Å². The monoisotopic (exact) mass is 356 g/mol. The van der Waals surface area contributed by atoms with E-state index in [0.29, 0.717) is 16.6 Å². The molecule has 3 aromatic rings. The Morgan fingerprint density at radius 2 is 1.50 bits per heavy atom. The first-order chi connectivity index (χ1) is 10.6. The molecule has 0 aliphatic heterocycles. The Bertz CT molecular complexity index is 867. The van der Waals surface area contributed by atoms with E-state index in [-0.39, 0.29) is 5.43 Å². The SMILES string of the molecule is C[CH2][Ge]([CH2]C)([CH2]C)[c]1ccc2oc3ccccc3c(=O)c2c1. The molecule has 0 atom stereocenters. The van der Waals surface area contributed by atoms with Crippen LogP contribution in [0, 0.1) is 0 Å². The molecule has 3 rings (SSSR count). The third-order valence-corrected chi connectivity index (χ3v) is 17.0. The Labute approximate surface area is 133 Å². The fraction of sp³-hybridized carbons (Fsp3) is 0.316. The molecule has 114 valence electrons. The zero-order chi connectivity index (χ0) is 15.7. The molecule has 3 heteroatoms. The average molecular weight is 355 g/mol. The first-order valence-electron chi connectivity index (χ1n) is 8.11. The number of hydrogen-bond acceptors (Lipinski definition) is 2. The van der Waals surface area contributed by atoms with Crippen LogP contribution in [0.3, 0.4) is 0 Å². The summed E-state index contributed by atoms with van der Waals surface area (Å²) in [5.41, 5.74) is 1.47. The van der Waals surface area contributed by atoms with Gasteiger partial charge in [-0.3, -0.25) is 0 Å². The van der Waals surface area contributed by atoms with Crippen molar-refractivity contribution in [3.8, 4) is 0 Å². The maximum atomic E-state index is 12.8. The Morgan fingerprint density at radius 3 is 2.18 bits per heavy atom. The van der Waals surface area contributed by atoms with Crippen molar-refractivity contribution in [2.24, 2.45) is 0 Å². The van der Waals surface area contributed by atoms with Crippen LogP contribution in [-0.2, 0) is 0 Å². The van der Waals surface area contributed by atoms with Crippen LogP contribution in [0.4, 0.5) is 0 Å². The fourth-order valence-electron chi connectivity index (χ4n) is 3.50. The van der Waals surface area contributed by atoms with Gasteiger partial charge in [0.15, 0.2) is 0 Å². The molecule has 1 aromatic heterocycles. The standard InChI is InChI=1S/C19H22GeO2/c1-4-20(5-2,6-3)14-11-12-18-16(13-14)19(21)15-9-7-8-10-17(15)22-18/h7-13H,4-6H2,1-3H3. The van der Waals surface area contributed by atoms with Crippen molar-refractivity contribution in [3.05, 3.63) is 52.7 Å². The van der Waals surface area contributed by atoms with E-state index in [2.05, 4.69) is 32.9 Å². The van der Waals surface area contributed by atoms with Gasteiger partial charge in [-0.25, -0.2) is 0 Å². The van der Waals surface area contributed by atoms with E-state index in [4.69, 9.17) is 4.42 Å². The summed E-state index contributed by atoms with van der Waals surface area (Å²) in [6, 6.07) is 13.8. The molecule has 0 aliphatic rings. The first-order valence-corrected chi connectivity index (χ1v) is 13.6. The van der Waals surface area contributed by atoms with E-state index in [1.54, 1.807) is 0 Å². The van der Waals surface area contributed by atoms with E-state index in [1.807, 2.05) is 30.3 Å². The average Bonchev–Trinajstić information content (AvgIpc) is 2.57. The quantitative estimate of drug-likeness (QED) is 0.503. The Kier molecular flexibility index (Phi) is 4.13. The normalized spacial score (nSPS) is 12.1. The van der Waals surface area contributed by atoms with Gasteiger partial charge in [-0.1, -0.05) is 0 Å². The molecule has 1 heterocycles. The van der Waals surface area contributed by atoms with Crippen molar-refractivity contribution in [1.29, 1.82) is 0 Å². The van der Waals surface area contributed by atoms with Crippen LogP contribution in [0.2, 0.25) is 15.8 Å². The van der Waals surface area contributed by atoms with Crippen molar-refractivity contribution < 1.29 is 4.42 Å². The maximum absolute atomic E-state index is 12.8. The molecule has 2 aromatic carbocycles. The fourth-order valence-corrected chi connectivity index (χ4v) is 11.1. The van der Waals surface area contributed by atoms with Gasteiger partial charge in [0, 0.05) is 0 Å². The van der Waals surface area contributed by atoms with Gasteiger partial charge < -0.3 is 0 Å². The van der Waals surface area contributed by atoms with Gasteiger partial charge in [0.2, 0.25) is 0 Å². The third-order valence-electron chi connectivity index (χ3n) is 5.22. The van der Waals surface area contributed by atoms with Gasteiger partial charge in [0.05, 0.1) is 0 Å². The van der Waals surface area contributed by atoms with Crippen LogP contribution in [-0.4, -0.2) is 13.3 Å². The van der Waals surface area contributed by atoms with E-state index in [9.17, 15) is 4.79 Å². The van der Waals surface area contributed by atoms with Gasteiger partial charge >= 0.3 is 133 Å². The van der Waals surface area contributed by atoms with Crippen molar-refractivity contribution in [1.82, 2.24) is 0 Å². The van der Waals surface area contributed by atoms with Crippen molar-refractivity contribution in [2.75, 3.05) is 0 Å². The summed E-state index contributed by atoms with van der Waals surface area (Å²) in [7, 11) is 0. The molecule has 2 nitrogen and oxygen atoms in total. The molecule has 0 unspecified atom stereocenters. The number of fused-ring (bicyclic) bond motifs is 2. The van der Waals surface area contributed by atoms with Gasteiger partial charge in [0.1, 0.15) is 0 Å². The van der Waals surface area contributed by atoms with Crippen LogP contribution >= 0.6 is 0 Å². The van der Waals surface area contributed by atoms with Crippen LogP contribution < -0.4 is 9.82 Å². The number of para-hydroxylation sites is 1. The zero-order valence-corrected chi connectivity index (χ0v) is 15.6. The molecule has 0 radical (unpaired) electrons. The van der Waals surface area contributed by atoms with Gasteiger partial charge in [-0.05, 0) is 0 Å². The van der Waals surface area contributed by atoms with Crippen LogP contribution in [0.15, 0.2) is 51.7 Å². The van der Waals surface area contributed by atoms with Crippen molar-refractivity contribution >= 4 is 39.6 Å². The molecule has 0 fully saturated rings. The summed E-state index contributed by atoms with van der Waals surface area (Å²) in [4.78, 5) is 12.8. The van der Waals surface area contributed by atoms with Gasteiger partial charge in [0.25, 0.3) is 0 Å². The van der Waals surface area contributed by atoms with E-state index in [1.165, 1.54) is 20.2 Å². The molecule has 0 saturated heterocycles. The predicted molar refractivity (Wildman–Crippen MR) is 96.8 cm³/mol. The summed E-state index contributed by atoms with van der Waals surface area (Å²) in [6.07, 6.45) is 0. The van der Waals surface area contributed by atoms with Crippen molar-refractivity contribution in [3.63, 3.8) is 0 Å². The molecule has 22 heavy (non-hydrogen) atoms. The summed E-state index contributed by atoms with van der Waals surface area (Å²) in [6.45, 7) is 6.92. The van der Waals surface area contributed by atoms with Crippen LogP contribution in [0.1, 0.15) is 20.8 Å². The second kappa shape index (κ2) is 5.92. The first kappa shape index (κ1) is 15.4. The number of hydrogen-bond donors (Lipinski definition) is 0. The minimum absolute atomic E-state index is 0.0957. The van der Waals surface area contributed by atoms with Gasteiger partial charge in [-0.15, -0.1) is 0 Å². The van der Waals surface area contributed by atoms with Crippen molar-refractivity contribution in [2.45, 2.75) is 36.5 Å². The second-order valence-electron chi connectivity index (χ2n) is 5.98. The van der Waals surface area contributed by atoms with E-state index < -0.39 is 13.3 Å². The van der Waals surface area contributed by atoms with Crippen LogP contribution in [0.25, 0.3) is 21.9 Å². The molecule has 0 saturated carbocycles. The topological polar surface area (TPSA) is 30.2 Å². The molecule has 0 bridgehead atoms. The number of rotatable bonds is 4. The van der Waals surface area contributed by atoms with Crippen LogP contribution in [0.5, 0.6) is 0 Å². The molecular weight excluding hydrogens is 333 g/mol. The Balaban J connectivity index is 2.32. The summed E-state index contributed by atoms with van der Waals surface area (Å²) in [5, 5.41) is 5.20. The molecule has 0 aliphatic carbocycles. The molecular formula is C19H22GeO2. The molecule has 0 spiro atoms. The minimum atomic E-state index is -2.05. The zero-order valence-electron chi connectivity index (χ0n) is 13.5.